The number of benzene rings is 3. The highest BCUT2D eigenvalue weighted by Gasteiger charge is 2.45. The van der Waals surface area contributed by atoms with Crippen LogP contribution in [0.15, 0.2) is 85.3 Å². The van der Waals surface area contributed by atoms with E-state index in [-0.39, 0.29) is 11.9 Å². The molecular formula is C26H23FN2O2. The van der Waals surface area contributed by atoms with Crippen LogP contribution in [-0.2, 0) is 12.2 Å². The summed E-state index contributed by atoms with van der Waals surface area (Å²) in [6, 6.07) is 22.3. The number of hydrogen-bond acceptors (Lipinski definition) is 3. The van der Waals surface area contributed by atoms with Gasteiger partial charge in [0.05, 0.1) is 24.3 Å². The molecule has 0 amide bonds. The van der Waals surface area contributed by atoms with E-state index in [2.05, 4.69) is 4.98 Å². The number of halogens is 1. The third-order valence-electron chi connectivity index (χ3n) is 6.01. The first-order chi connectivity index (χ1) is 15.0. The summed E-state index contributed by atoms with van der Waals surface area (Å²) in [7, 11) is 0. The first-order valence-electron chi connectivity index (χ1n) is 10.3. The highest BCUT2D eigenvalue weighted by atomic mass is 19.1. The fraction of sp³-hybridized carbons (Fsp3) is 0.192. The van der Waals surface area contributed by atoms with Gasteiger partial charge in [-0.05, 0) is 41.8 Å². The molecule has 5 rings (SSSR count). The monoisotopic (exact) mass is 414 g/mol. The van der Waals surface area contributed by atoms with E-state index in [1.807, 2.05) is 72.2 Å². The Morgan fingerprint density at radius 1 is 1.10 bits per heavy atom. The summed E-state index contributed by atoms with van der Waals surface area (Å²) in [5.41, 5.74) is 2.66. The van der Waals surface area contributed by atoms with Crippen LogP contribution in [0.1, 0.15) is 40.4 Å². The van der Waals surface area contributed by atoms with Gasteiger partial charge in [-0.15, -0.1) is 0 Å². The third-order valence-corrected chi connectivity index (χ3v) is 6.01. The average molecular weight is 414 g/mol. The van der Waals surface area contributed by atoms with E-state index >= 15 is 0 Å². The number of rotatable bonds is 5. The first kappa shape index (κ1) is 19.5. The van der Waals surface area contributed by atoms with E-state index in [1.165, 1.54) is 6.07 Å². The van der Waals surface area contributed by atoms with Crippen molar-refractivity contribution < 1.29 is 14.2 Å². The van der Waals surface area contributed by atoms with Gasteiger partial charge in [-0.1, -0.05) is 54.6 Å². The Kier molecular flexibility index (Phi) is 4.83. The number of imidazole rings is 1. The normalized spacial score (nSPS) is 19.9. The van der Waals surface area contributed by atoms with Crippen molar-refractivity contribution in [1.29, 1.82) is 0 Å². The van der Waals surface area contributed by atoms with Crippen LogP contribution in [-0.4, -0.2) is 14.7 Å². The standard InChI is InChI=1S/C26H23FN2O2/c1-18-7-12-22(23(27)13-18)24-14-26(30,25-15-28-17-29(24)25)20-8-10-21(11-9-20)31-16-19-5-3-2-4-6-19/h2-13,15,17,24,30H,14,16H2,1H3. The molecule has 156 valence electrons. The van der Waals surface area contributed by atoms with Crippen molar-refractivity contribution in [3.8, 4) is 5.75 Å². The Bertz CT molecular complexity index is 1200. The predicted molar refractivity (Wildman–Crippen MR) is 116 cm³/mol. The molecule has 4 nitrogen and oxygen atoms in total. The zero-order chi connectivity index (χ0) is 21.4. The van der Waals surface area contributed by atoms with Crippen molar-refractivity contribution in [2.75, 3.05) is 0 Å². The molecular weight excluding hydrogens is 391 g/mol. The Balaban J connectivity index is 1.41. The summed E-state index contributed by atoms with van der Waals surface area (Å²) in [5.74, 6) is 0.461. The highest BCUT2D eigenvalue weighted by Crippen LogP contribution is 2.47. The minimum absolute atomic E-state index is 0.265. The summed E-state index contributed by atoms with van der Waals surface area (Å²) in [6.45, 7) is 2.34. The molecule has 0 saturated carbocycles. The fourth-order valence-corrected chi connectivity index (χ4v) is 4.35. The molecule has 0 radical (unpaired) electrons. The number of aromatic nitrogens is 2. The second kappa shape index (κ2) is 7.67. The van der Waals surface area contributed by atoms with Crippen LogP contribution in [0, 0.1) is 12.7 Å². The maximum Gasteiger partial charge on any atom is 0.133 e. The summed E-state index contributed by atoms with van der Waals surface area (Å²) in [6.07, 6.45) is 3.66. The van der Waals surface area contributed by atoms with Crippen molar-refractivity contribution in [3.63, 3.8) is 0 Å². The van der Waals surface area contributed by atoms with Crippen LogP contribution in [0.2, 0.25) is 0 Å². The van der Waals surface area contributed by atoms with Crippen molar-refractivity contribution in [3.05, 3.63) is 119 Å². The van der Waals surface area contributed by atoms with Gasteiger partial charge in [-0.2, -0.15) is 0 Å². The molecule has 2 atom stereocenters. The van der Waals surface area contributed by atoms with Gasteiger partial charge in [0.1, 0.15) is 23.8 Å². The van der Waals surface area contributed by atoms with Gasteiger partial charge in [-0.25, -0.2) is 9.37 Å². The Morgan fingerprint density at radius 2 is 1.87 bits per heavy atom. The van der Waals surface area contributed by atoms with Crippen LogP contribution in [0.25, 0.3) is 0 Å². The van der Waals surface area contributed by atoms with Gasteiger partial charge in [0.25, 0.3) is 0 Å². The van der Waals surface area contributed by atoms with Crippen molar-refractivity contribution >= 4 is 0 Å². The maximum absolute atomic E-state index is 14.7. The summed E-state index contributed by atoms with van der Waals surface area (Å²) >= 11 is 0. The maximum atomic E-state index is 14.7. The number of nitrogens with zero attached hydrogens (tertiary/aromatic N) is 2. The average Bonchev–Trinajstić information content (AvgIpc) is 3.37. The molecule has 1 aliphatic heterocycles. The van der Waals surface area contributed by atoms with Crippen LogP contribution in [0.4, 0.5) is 4.39 Å². The van der Waals surface area contributed by atoms with Gasteiger partial charge < -0.3 is 14.4 Å². The Hall–Kier alpha value is -3.44. The van der Waals surface area contributed by atoms with E-state index in [0.29, 0.717) is 24.3 Å². The smallest absolute Gasteiger partial charge is 0.133 e. The largest absolute Gasteiger partial charge is 0.489 e. The first-order valence-corrected chi connectivity index (χ1v) is 10.3. The summed E-state index contributed by atoms with van der Waals surface area (Å²) in [4.78, 5) is 4.22. The minimum Gasteiger partial charge on any atom is -0.489 e. The van der Waals surface area contributed by atoms with Crippen LogP contribution >= 0.6 is 0 Å². The van der Waals surface area contributed by atoms with Gasteiger partial charge in [0, 0.05) is 12.0 Å². The number of aryl methyl sites for hydroxylation is 1. The molecule has 0 saturated heterocycles. The highest BCUT2D eigenvalue weighted by molar-refractivity contribution is 5.41. The van der Waals surface area contributed by atoms with Gasteiger partial charge >= 0.3 is 0 Å². The number of hydrogen-bond donors (Lipinski definition) is 1. The summed E-state index contributed by atoms with van der Waals surface area (Å²) < 4.78 is 22.4. The Labute approximate surface area is 180 Å². The zero-order valence-corrected chi connectivity index (χ0v) is 17.2. The lowest BCUT2D eigenvalue weighted by molar-refractivity contribution is 0.0792. The molecule has 1 aliphatic rings. The second-order valence-corrected chi connectivity index (χ2v) is 8.09. The van der Waals surface area contributed by atoms with E-state index in [1.54, 1.807) is 18.6 Å². The van der Waals surface area contributed by atoms with Crippen molar-refractivity contribution in [2.45, 2.75) is 31.6 Å². The fourth-order valence-electron chi connectivity index (χ4n) is 4.35. The van der Waals surface area contributed by atoms with E-state index < -0.39 is 5.60 Å². The second-order valence-electron chi connectivity index (χ2n) is 8.09. The lowest BCUT2D eigenvalue weighted by Crippen LogP contribution is -2.24. The lowest BCUT2D eigenvalue weighted by atomic mass is 9.86. The number of ether oxygens (including phenoxy) is 1. The molecule has 5 heteroatoms. The SMILES string of the molecule is Cc1ccc(C2CC(O)(c3ccc(OCc4ccccc4)cc3)c3cncn32)c(F)c1. The van der Waals surface area contributed by atoms with E-state index in [9.17, 15) is 9.50 Å². The zero-order valence-electron chi connectivity index (χ0n) is 17.2. The van der Waals surface area contributed by atoms with Crippen LogP contribution in [0.3, 0.4) is 0 Å². The molecule has 0 bridgehead atoms. The Morgan fingerprint density at radius 3 is 2.61 bits per heavy atom. The molecule has 0 fully saturated rings. The topological polar surface area (TPSA) is 47.3 Å². The molecule has 1 N–H and O–H groups in total. The molecule has 31 heavy (non-hydrogen) atoms. The van der Waals surface area contributed by atoms with E-state index in [4.69, 9.17) is 4.74 Å². The van der Waals surface area contributed by atoms with Crippen molar-refractivity contribution in [2.24, 2.45) is 0 Å². The minimum atomic E-state index is -1.25. The quantitative estimate of drug-likeness (QED) is 0.492. The van der Waals surface area contributed by atoms with Crippen molar-refractivity contribution in [1.82, 2.24) is 9.55 Å². The van der Waals surface area contributed by atoms with Crippen LogP contribution < -0.4 is 4.74 Å². The van der Waals surface area contributed by atoms with E-state index in [0.717, 1.165) is 22.4 Å². The number of fused-ring (bicyclic) bond motifs is 1. The van der Waals surface area contributed by atoms with Gasteiger partial charge in [0.15, 0.2) is 0 Å². The molecule has 0 spiro atoms. The third kappa shape index (κ3) is 3.51. The number of aliphatic hydroxyl groups is 1. The summed E-state index contributed by atoms with van der Waals surface area (Å²) in [5, 5.41) is 11.7. The molecule has 1 aromatic heterocycles. The van der Waals surface area contributed by atoms with Crippen LogP contribution in [0.5, 0.6) is 5.75 Å². The molecule has 2 unspecified atom stereocenters. The lowest BCUT2D eigenvalue weighted by Gasteiger charge is -2.23. The molecule has 4 aromatic rings. The van der Waals surface area contributed by atoms with Gasteiger partial charge in [-0.3, -0.25) is 0 Å². The molecule has 3 aromatic carbocycles. The molecule has 0 aliphatic carbocycles. The predicted octanol–water partition coefficient (Wildman–Crippen LogP) is 5.14. The van der Waals surface area contributed by atoms with Gasteiger partial charge in [0.2, 0.25) is 0 Å². The molecule has 2 heterocycles.